The summed E-state index contributed by atoms with van der Waals surface area (Å²) in [7, 11) is 0. The fourth-order valence-electron chi connectivity index (χ4n) is 2.46. The van der Waals surface area contributed by atoms with Gasteiger partial charge in [0.15, 0.2) is 0 Å². The Morgan fingerprint density at radius 2 is 2.06 bits per heavy atom. The van der Waals surface area contributed by atoms with Crippen LogP contribution < -0.4 is 0 Å². The van der Waals surface area contributed by atoms with Crippen molar-refractivity contribution in [2.75, 3.05) is 0 Å². The van der Waals surface area contributed by atoms with Gasteiger partial charge in [-0.25, -0.2) is 0 Å². The van der Waals surface area contributed by atoms with Gasteiger partial charge in [0.2, 0.25) is 5.24 Å². The maximum atomic E-state index is 11.7. The summed E-state index contributed by atoms with van der Waals surface area (Å²) in [4.78, 5) is 11.7. The van der Waals surface area contributed by atoms with Crippen molar-refractivity contribution in [1.29, 1.82) is 5.26 Å². The molecular formula is C13H12ClNO. The number of rotatable bonds is 2. The Balaban J connectivity index is 2.48. The van der Waals surface area contributed by atoms with E-state index in [1.165, 1.54) is 0 Å². The molecule has 1 aromatic carbocycles. The third-order valence-corrected chi connectivity index (χ3v) is 3.74. The monoisotopic (exact) mass is 233 g/mol. The summed E-state index contributed by atoms with van der Waals surface area (Å²) >= 11 is 5.75. The van der Waals surface area contributed by atoms with Crippen LogP contribution in [0.15, 0.2) is 24.3 Å². The Morgan fingerprint density at radius 1 is 1.38 bits per heavy atom. The standard InChI is InChI=1S/C13H12ClNO/c14-12(16)13(6-1-2-7-13)11-5-3-4-10(8-11)9-15/h3-5,8H,1-2,6-7H2. The highest BCUT2D eigenvalue weighted by Gasteiger charge is 2.41. The lowest BCUT2D eigenvalue weighted by atomic mass is 9.79. The van der Waals surface area contributed by atoms with E-state index in [2.05, 4.69) is 6.07 Å². The Labute approximate surface area is 99.8 Å². The number of hydrogen-bond acceptors (Lipinski definition) is 2. The first kappa shape index (κ1) is 11.2. The number of halogens is 1. The zero-order valence-electron chi connectivity index (χ0n) is 8.87. The number of benzene rings is 1. The van der Waals surface area contributed by atoms with Crippen molar-refractivity contribution >= 4 is 16.8 Å². The summed E-state index contributed by atoms with van der Waals surface area (Å²) in [6, 6.07) is 9.33. The first-order valence-electron chi connectivity index (χ1n) is 5.40. The van der Waals surface area contributed by atoms with Crippen LogP contribution in [-0.4, -0.2) is 5.24 Å². The molecule has 0 saturated heterocycles. The number of carbonyl (C=O) groups is 1. The van der Waals surface area contributed by atoms with E-state index >= 15 is 0 Å². The second-order valence-corrected chi connectivity index (χ2v) is 4.60. The zero-order chi connectivity index (χ0) is 11.6. The molecule has 16 heavy (non-hydrogen) atoms. The molecule has 1 saturated carbocycles. The van der Waals surface area contributed by atoms with E-state index in [0.717, 1.165) is 31.2 Å². The van der Waals surface area contributed by atoms with Gasteiger partial charge in [0.05, 0.1) is 17.0 Å². The molecule has 2 rings (SSSR count). The average molecular weight is 234 g/mol. The van der Waals surface area contributed by atoms with Crippen LogP contribution in [0.25, 0.3) is 0 Å². The van der Waals surface area contributed by atoms with E-state index in [0.29, 0.717) is 5.56 Å². The van der Waals surface area contributed by atoms with Crippen LogP contribution in [0.5, 0.6) is 0 Å². The molecule has 0 aromatic heterocycles. The molecule has 2 nitrogen and oxygen atoms in total. The molecular weight excluding hydrogens is 222 g/mol. The van der Waals surface area contributed by atoms with Gasteiger partial charge >= 0.3 is 0 Å². The van der Waals surface area contributed by atoms with Crippen molar-refractivity contribution in [3.05, 3.63) is 35.4 Å². The van der Waals surface area contributed by atoms with Gasteiger partial charge in [-0.15, -0.1) is 0 Å². The molecule has 1 aliphatic rings. The number of nitriles is 1. The summed E-state index contributed by atoms with van der Waals surface area (Å²) in [6.07, 6.45) is 3.64. The smallest absolute Gasteiger partial charge is 0.232 e. The van der Waals surface area contributed by atoms with Gasteiger partial charge in [-0.3, -0.25) is 4.79 Å². The van der Waals surface area contributed by atoms with Gasteiger partial charge < -0.3 is 0 Å². The highest BCUT2D eigenvalue weighted by atomic mass is 35.5. The lowest BCUT2D eigenvalue weighted by Gasteiger charge is -2.24. The van der Waals surface area contributed by atoms with Crippen LogP contribution in [0.3, 0.4) is 0 Å². The molecule has 1 fully saturated rings. The highest BCUT2D eigenvalue weighted by molar-refractivity contribution is 6.65. The van der Waals surface area contributed by atoms with Crippen LogP contribution in [0.1, 0.15) is 36.8 Å². The van der Waals surface area contributed by atoms with Gasteiger partial charge in [-0.05, 0) is 42.1 Å². The first-order valence-corrected chi connectivity index (χ1v) is 5.77. The molecule has 82 valence electrons. The van der Waals surface area contributed by atoms with Gasteiger partial charge in [-0.1, -0.05) is 25.0 Å². The van der Waals surface area contributed by atoms with E-state index in [9.17, 15) is 4.79 Å². The van der Waals surface area contributed by atoms with Gasteiger partial charge in [0, 0.05) is 0 Å². The fraction of sp³-hybridized carbons (Fsp3) is 0.385. The average Bonchev–Trinajstić information content (AvgIpc) is 2.79. The van der Waals surface area contributed by atoms with Crippen molar-refractivity contribution in [3.63, 3.8) is 0 Å². The zero-order valence-corrected chi connectivity index (χ0v) is 9.63. The van der Waals surface area contributed by atoms with Crippen LogP contribution in [0.4, 0.5) is 0 Å². The van der Waals surface area contributed by atoms with E-state index in [1.807, 2.05) is 12.1 Å². The Kier molecular flexibility index (Phi) is 2.98. The normalized spacial score (nSPS) is 18.0. The second kappa shape index (κ2) is 4.27. The minimum Gasteiger partial charge on any atom is -0.280 e. The SMILES string of the molecule is N#Cc1cccc(C2(C(=O)Cl)CCCC2)c1. The molecule has 0 spiro atoms. The minimum atomic E-state index is -0.547. The second-order valence-electron chi connectivity index (χ2n) is 4.26. The summed E-state index contributed by atoms with van der Waals surface area (Å²) < 4.78 is 0. The molecule has 0 amide bonds. The molecule has 0 N–H and O–H groups in total. The van der Waals surface area contributed by atoms with E-state index < -0.39 is 5.41 Å². The van der Waals surface area contributed by atoms with Crippen molar-refractivity contribution in [2.45, 2.75) is 31.1 Å². The van der Waals surface area contributed by atoms with Gasteiger partial charge in [-0.2, -0.15) is 5.26 Å². The topological polar surface area (TPSA) is 40.9 Å². The van der Waals surface area contributed by atoms with Crippen LogP contribution in [0, 0.1) is 11.3 Å². The van der Waals surface area contributed by atoms with Crippen LogP contribution >= 0.6 is 11.6 Å². The van der Waals surface area contributed by atoms with Gasteiger partial charge in [0.25, 0.3) is 0 Å². The van der Waals surface area contributed by atoms with E-state index in [1.54, 1.807) is 12.1 Å². The number of nitrogens with zero attached hydrogens (tertiary/aromatic N) is 1. The van der Waals surface area contributed by atoms with Crippen molar-refractivity contribution in [2.24, 2.45) is 0 Å². The molecule has 1 aliphatic carbocycles. The first-order chi connectivity index (χ1) is 7.69. The third-order valence-electron chi connectivity index (χ3n) is 3.38. The lowest BCUT2D eigenvalue weighted by Crippen LogP contribution is -2.29. The molecule has 0 heterocycles. The fourth-order valence-corrected chi connectivity index (χ4v) is 2.76. The maximum absolute atomic E-state index is 11.7. The Bertz CT molecular complexity index is 455. The van der Waals surface area contributed by atoms with Crippen molar-refractivity contribution < 1.29 is 4.79 Å². The van der Waals surface area contributed by atoms with E-state index in [-0.39, 0.29) is 5.24 Å². The van der Waals surface area contributed by atoms with Crippen molar-refractivity contribution in [3.8, 4) is 6.07 Å². The number of hydrogen-bond donors (Lipinski definition) is 0. The molecule has 3 heteroatoms. The summed E-state index contributed by atoms with van der Waals surface area (Å²) in [5, 5.41) is 8.57. The molecule has 1 aromatic rings. The maximum Gasteiger partial charge on any atom is 0.232 e. The summed E-state index contributed by atoms with van der Waals surface area (Å²) in [5.41, 5.74) is 0.930. The molecule has 0 aliphatic heterocycles. The Morgan fingerprint density at radius 3 is 2.62 bits per heavy atom. The van der Waals surface area contributed by atoms with Gasteiger partial charge in [0.1, 0.15) is 0 Å². The number of carbonyl (C=O) groups excluding carboxylic acids is 1. The van der Waals surface area contributed by atoms with Crippen molar-refractivity contribution in [1.82, 2.24) is 0 Å². The highest BCUT2D eigenvalue weighted by Crippen LogP contribution is 2.42. The van der Waals surface area contributed by atoms with Crippen LogP contribution in [0.2, 0.25) is 0 Å². The lowest BCUT2D eigenvalue weighted by molar-refractivity contribution is -0.116. The summed E-state index contributed by atoms with van der Waals surface area (Å²) in [5.74, 6) is 0. The van der Waals surface area contributed by atoms with Crippen LogP contribution in [-0.2, 0) is 10.2 Å². The third kappa shape index (κ3) is 1.72. The van der Waals surface area contributed by atoms with E-state index in [4.69, 9.17) is 16.9 Å². The minimum absolute atomic E-state index is 0.292. The molecule has 0 atom stereocenters. The largest absolute Gasteiger partial charge is 0.280 e. The Hall–Kier alpha value is -1.33. The summed E-state index contributed by atoms with van der Waals surface area (Å²) in [6.45, 7) is 0. The quantitative estimate of drug-likeness (QED) is 0.737. The molecule has 0 radical (unpaired) electrons. The molecule has 0 unspecified atom stereocenters. The molecule has 0 bridgehead atoms. The predicted octanol–water partition coefficient (Wildman–Crippen LogP) is 3.14. The predicted molar refractivity (Wildman–Crippen MR) is 62.2 cm³/mol.